The summed E-state index contributed by atoms with van der Waals surface area (Å²) in [7, 11) is 0. The SMILES string of the molecule is CC(C)c1ncc(-c2ccc(C(C)(C)C)c3cnoc23)[nH]1. The Morgan fingerprint density at radius 1 is 1.14 bits per heavy atom. The summed E-state index contributed by atoms with van der Waals surface area (Å²) < 4.78 is 5.51. The molecule has 1 N–H and O–H groups in total. The van der Waals surface area contributed by atoms with E-state index in [-0.39, 0.29) is 5.41 Å². The van der Waals surface area contributed by atoms with Gasteiger partial charge in [-0.1, -0.05) is 45.8 Å². The summed E-state index contributed by atoms with van der Waals surface area (Å²) in [6.45, 7) is 10.8. The van der Waals surface area contributed by atoms with Crippen molar-refractivity contribution in [1.29, 1.82) is 0 Å². The van der Waals surface area contributed by atoms with Crippen LogP contribution >= 0.6 is 0 Å². The zero-order chi connectivity index (χ0) is 15.2. The third-order valence-corrected chi connectivity index (χ3v) is 3.76. The normalized spacial score (nSPS) is 12.5. The molecule has 1 aromatic carbocycles. The van der Waals surface area contributed by atoms with E-state index in [1.54, 1.807) is 6.20 Å². The Bertz CT molecular complexity index is 775. The number of nitrogens with one attached hydrogen (secondary N) is 1. The van der Waals surface area contributed by atoms with E-state index < -0.39 is 0 Å². The van der Waals surface area contributed by atoms with E-state index in [1.165, 1.54) is 5.56 Å². The van der Waals surface area contributed by atoms with Gasteiger partial charge >= 0.3 is 0 Å². The van der Waals surface area contributed by atoms with Crippen LogP contribution < -0.4 is 0 Å². The molecule has 3 rings (SSSR count). The van der Waals surface area contributed by atoms with Gasteiger partial charge in [0.05, 0.1) is 18.1 Å². The van der Waals surface area contributed by atoms with Gasteiger partial charge in [-0.25, -0.2) is 4.98 Å². The van der Waals surface area contributed by atoms with Crippen molar-refractivity contribution >= 4 is 11.0 Å². The van der Waals surface area contributed by atoms with Gasteiger partial charge in [0.2, 0.25) is 0 Å². The number of imidazole rings is 1. The first-order chi connectivity index (χ1) is 9.88. The Morgan fingerprint density at radius 2 is 1.90 bits per heavy atom. The van der Waals surface area contributed by atoms with Crippen LogP contribution in [-0.4, -0.2) is 15.1 Å². The first-order valence-corrected chi connectivity index (χ1v) is 7.31. The highest BCUT2D eigenvalue weighted by Gasteiger charge is 2.21. The number of fused-ring (bicyclic) bond motifs is 1. The molecule has 0 aliphatic heterocycles. The second-order valence-electron chi connectivity index (χ2n) is 6.82. The highest BCUT2D eigenvalue weighted by Crippen LogP contribution is 2.35. The standard InChI is InChI=1S/C17H21N3O/c1-10(2)16-18-9-14(20-16)11-6-7-13(17(3,4)5)12-8-19-21-15(11)12/h6-10H,1-5H3,(H,18,20). The molecule has 0 fully saturated rings. The number of benzene rings is 1. The minimum Gasteiger partial charge on any atom is -0.356 e. The van der Waals surface area contributed by atoms with Crippen LogP contribution in [0, 0.1) is 0 Å². The lowest BCUT2D eigenvalue weighted by Crippen LogP contribution is -2.11. The van der Waals surface area contributed by atoms with Crippen molar-refractivity contribution in [3.8, 4) is 11.3 Å². The van der Waals surface area contributed by atoms with E-state index in [1.807, 2.05) is 6.20 Å². The largest absolute Gasteiger partial charge is 0.356 e. The molecule has 3 aromatic rings. The third-order valence-electron chi connectivity index (χ3n) is 3.76. The second kappa shape index (κ2) is 4.72. The molecule has 0 unspecified atom stereocenters. The molecular weight excluding hydrogens is 262 g/mol. The number of nitrogens with zero attached hydrogens (tertiary/aromatic N) is 2. The maximum atomic E-state index is 5.51. The molecule has 0 bridgehead atoms. The van der Waals surface area contributed by atoms with E-state index in [0.29, 0.717) is 5.92 Å². The van der Waals surface area contributed by atoms with E-state index in [4.69, 9.17) is 4.52 Å². The van der Waals surface area contributed by atoms with Crippen LogP contribution in [0.4, 0.5) is 0 Å². The molecule has 0 atom stereocenters. The van der Waals surface area contributed by atoms with Gasteiger partial charge in [0.1, 0.15) is 5.82 Å². The monoisotopic (exact) mass is 283 g/mol. The summed E-state index contributed by atoms with van der Waals surface area (Å²) >= 11 is 0. The summed E-state index contributed by atoms with van der Waals surface area (Å²) in [4.78, 5) is 7.81. The Balaban J connectivity index is 2.18. The van der Waals surface area contributed by atoms with Crippen molar-refractivity contribution in [2.75, 3.05) is 0 Å². The van der Waals surface area contributed by atoms with Gasteiger partial charge in [0.25, 0.3) is 0 Å². The fourth-order valence-corrected chi connectivity index (χ4v) is 2.59. The van der Waals surface area contributed by atoms with Crippen LogP contribution in [0.3, 0.4) is 0 Å². The Kier molecular flexibility index (Phi) is 3.12. The lowest BCUT2D eigenvalue weighted by atomic mass is 9.84. The first-order valence-electron chi connectivity index (χ1n) is 7.31. The molecule has 2 heterocycles. The molecule has 0 spiro atoms. The van der Waals surface area contributed by atoms with Crippen LogP contribution in [0.15, 0.2) is 29.0 Å². The lowest BCUT2D eigenvalue weighted by Gasteiger charge is -2.20. The highest BCUT2D eigenvalue weighted by molar-refractivity contribution is 5.93. The van der Waals surface area contributed by atoms with Crippen LogP contribution in [0.5, 0.6) is 0 Å². The molecule has 110 valence electrons. The molecule has 0 aliphatic rings. The van der Waals surface area contributed by atoms with Gasteiger partial charge in [0.15, 0.2) is 5.58 Å². The summed E-state index contributed by atoms with van der Waals surface area (Å²) in [6.07, 6.45) is 3.67. The summed E-state index contributed by atoms with van der Waals surface area (Å²) in [6, 6.07) is 4.25. The van der Waals surface area contributed by atoms with Crippen LogP contribution in [0.25, 0.3) is 22.2 Å². The van der Waals surface area contributed by atoms with Gasteiger partial charge in [-0.15, -0.1) is 0 Å². The highest BCUT2D eigenvalue weighted by atomic mass is 16.5. The number of aromatic amines is 1. The van der Waals surface area contributed by atoms with E-state index in [9.17, 15) is 0 Å². The van der Waals surface area contributed by atoms with Gasteiger partial charge in [-0.2, -0.15) is 0 Å². The molecule has 0 saturated heterocycles. The molecule has 0 amide bonds. The van der Waals surface area contributed by atoms with Gasteiger partial charge < -0.3 is 9.51 Å². The van der Waals surface area contributed by atoms with Gasteiger partial charge in [-0.3, -0.25) is 0 Å². The van der Waals surface area contributed by atoms with Crippen molar-refractivity contribution in [2.45, 2.75) is 46.0 Å². The molecule has 4 heteroatoms. The van der Waals surface area contributed by atoms with Crippen molar-refractivity contribution in [3.05, 3.63) is 35.9 Å². The fraction of sp³-hybridized carbons (Fsp3) is 0.412. The molecule has 0 aliphatic carbocycles. The average molecular weight is 283 g/mol. The Labute approximate surface area is 124 Å². The smallest absolute Gasteiger partial charge is 0.176 e. The Morgan fingerprint density at radius 3 is 2.52 bits per heavy atom. The summed E-state index contributed by atoms with van der Waals surface area (Å²) in [5.74, 6) is 1.36. The molecule has 0 radical (unpaired) electrons. The summed E-state index contributed by atoms with van der Waals surface area (Å²) in [5.41, 5.74) is 4.10. The second-order valence-corrected chi connectivity index (χ2v) is 6.82. The Hall–Kier alpha value is -2.10. The number of hydrogen-bond donors (Lipinski definition) is 1. The van der Waals surface area contributed by atoms with Crippen molar-refractivity contribution in [1.82, 2.24) is 15.1 Å². The molecule has 21 heavy (non-hydrogen) atoms. The number of rotatable bonds is 2. The third kappa shape index (κ3) is 2.35. The van der Waals surface area contributed by atoms with E-state index in [0.717, 1.165) is 28.1 Å². The molecule has 4 nitrogen and oxygen atoms in total. The maximum absolute atomic E-state index is 5.51. The van der Waals surface area contributed by atoms with Gasteiger partial charge in [0, 0.05) is 16.9 Å². The zero-order valence-electron chi connectivity index (χ0n) is 13.2. The molecule has 0 saturated carbocycles. The van der Waals surface area contributed by atoms with Crippen LogP contribution in [-0.2, 0) is 5.41 Å². The van der Waals surface area contributed by atoms with Crippen LogP contribution in [0.1, 0.15) is 51.9 Å². The zero-order valence-corrected chi connectivity index (χ0v) is 13.2. The topological polar surface area (TPSA) is 54.7 Å². The predicted molar refractivity (Wildman–Crippen MR) is 84.4 cm³/mol. The minimum atomic E-state index is 0.0550. The average Bonchev–Trinajstić information content (AvgIpc) is 3.05. The van der Waals surface area contributed by atoms with Gasteiger partial charge in [-0.05, 0) is 17.0 Å². The number of H-pyrrole nitrogens is 1. The first kappa shape index (κ1) is 13.9. The maximum Gasteiger partial charge on any atom is 0.176 e. The lowest BCUT2D eigenvalue weighted by molar-refractivity contribution is 0.457. The number of hydrogen-bond acceptors (Lipinski definition) is 3. The minimum absolute atomic E-state index is 0.0550. The molecule has 2 aromatic heterocycles. The van der Waals surface area contributed by atoms with Crippen LogP contribution in [0.2, 0.25) is 0 Å². The summed E-state index contributed by atoms with van der Waals surface area (Å²) in [5, 5.41) is 5.06. The molecular formula is C17H21N3O. The van der Waals surface area contributed by atoms with Crippen molar-refractivity contribution < 1.29 is 4.52 Å². The van der Waals surface area contributed by atoms with E-state index in [2.05, 4.69) is 61.9 Å². The van der Waals surface area contributed by atoms with Crippen molar-refractivity contribution in [2.24, 2.45) is 0 Å². The predicted octanol–water partition coefficient (Wildman–Crippen LogP) is 4.64. The van der Waals surface area contributed by atoms with E-state index >= 15 is 0 Å². The number of aromatic nitrogens is 3. The van der Waals surface area contributed by atoms with Crippen molar-refractivity contribution in [3.63, 3.8) is 0 Å². The fourth-order valence-electron chi connectivity index (χ4n) is 2.59. The quantitative estimate of drug-likeness (QED) is 0.745.